The van der Waals surface area contributed by atoms with Gasteiger partial charge in [0.25, 0.3) is 0 Å². The molecule has 4 heteroatoms. The maximum absolute atomic E-state index is 12.4. The molecule has 0 spiro atoms. The third kappa shape index (κ3) is 3.83. The second kappa shape index (κ2) is 6.24. The summed E-state index contributed by atoms with van der Waals surface area (Å²) in [5.74, 6) is 2.49. The first-order chi connectivity index (χ1) is 9.06. The van der Waals surface area contributed by atoms with Gasteiger partial charge in [-0.25, -0.2) is 0 Å². The van der Waals surface area contributed by atoms with Crippen molar-refractivity contribution in [2.24, 2.45) is 5.92 Å². The Labute approximate surface area is 115 Å². The molecule has 0 saturated carbocycles. The average molecular weight is 264 g/mol. The Morgan fingerprint density at radius 3 is 2.84 bits per heavy atom. The largest absolute Gasteiger partial charge is 0.464 e. The molecular weight excluding hydrogens is 240 g/mol. The van der Waals surface area contributed by atoms with E-state index in [0.717, 1.165) is 31.0 Å². The molecule has 1 N–H and O–H groups in total. The van der Waals surface area contributed by atoms with E-state index >= 15 is 0 Å². The zero-order valence-corrected chi connectivity index (χ0v) is 12.1. The molecule has 1 amide bonds. The van der Waals surface area contributed by atoms with Gasteiger partial charge < -0.3 is 14.6 Å². The Morgan fingerprint density at radius 2 is 2.32 bits per heavy atom. The van der Waals surface area contributed by atoms with E-state index in [0.29, 0.717) is 18.9 Å². The van der Waals surface area contributed by atoms with E-state index in [4.69, 9.17) is 4.42 Å². The van der Waals surface area contributed by atoms with Gasteiger partial charge in [-0.1, -0.05) is 0 Å². The van der Waals surface area contributed by atoms with Crippen LogP contribution in [0.25, 0.3) is 0 Å². The molecule has 1 aliphatic rings. The predicted molar refractivity (Wildman–Crippen MR) is 74.7 cm³/mol. The van der Waals surface area contributed by atoms with E-state index in [1.54, 1.807) is 0 Å². The van der Waals surface area contributed by atoms with E-state index in [9.17, 15) is 4.79 Å². The fourth-order valence-corrected chi connectivity index (χ4v) is 2.55. The SMILES string of the molecule is Cc1ccc(CN(C(=O)CC2CCNC2)C(C)C)o1. The van der Waals surface area contributed by atoms with Crippen molar-refractivity contribution in [1.29, 1.82) is 0 Å². The molecule has 1 unspecified atom stereocenters. The van der Waals surface area contributed by atoms with Gasteiger partial charge in [0.05, 0.1) is 6.54 Å². The normalized spacial score (nSPS) is 19.1. The van der Waals surface area contributed by atoms with Crippen LogP contribution < -0.4 is 5.32 Å². The smallest absolute Gasteiger partial charge is 0.223 e. The van der Waals surface area contributed by atoms with E-state index in [1.807, 2.05) is 24.0 Å². The molecule has 1 aromatic rings. The fourth-order valence-electron chi connectivity index (χ4n) is 2.55. The van der Waals surface area contributed by atoms with Crippen LogP contribution in [0, 0.1) is 12.8 Å². The van der Waals surface area contributed by atoms with Crippen molar-refractivity contribution in [1.82, 2.24) is 10.2 Å². The monoisotopic (exact) mass is 264 g/mol. The number of rotatable bonds is 5. The highest BCUT2D eigenvalue weighted by Crippen LogP contribution is 2.18. The molecule has 19 heavy (non-hydrogen) atoms. The summed E-state index contributed by atoms with van der Waals surface area (Å²) in [6.07, 6.45) is 1.75. The molecular formula is C15H24N2O2. The first kappa shape index (κ1) is 14.1. The van der Waals surface area contributed by atoms with E-state index in [2.05, 4.69) is 19.2 Å². The van der Waals surface area contributed by atoms with Gasteiger partial charge in [0.1, 0.15) is 11.5 Å². The lowest BCUT2D eigenvalue weighted by Crippen LogP contribution is -2.37. The van der Waals surface area contributed by atoms with E-state index < -0.39 is 0 Å². The van der Waals surface area contributed by atoms with E-state index in [-0.39, 0.29) is 11.9 Å². The molecule has 1 atom stereocenters. The average Bonchev–Trinajstić information content (AvgIpc) is 2.97. The summed E-state index contributed by atoms with van der Waals surface area (Å²) in [5.41, 5.74) is 0. The summed E-state index contributed by atoms with van der Waals surface area (Å²) in [6.45, 7) is 8.62. The number of hydrogen-bond donors (Lipinski definition) is 1. The molecule has 1 aromatic heterocycles. The standard InChI is InChI=1S/C15H24N2O2/c1-11(2)17(10-14-5-4-12(3)19-14)15(18)8-13-6-7-16-9-13/h4-5,11,13,16H,6-10H2,1-3H3. The zero-order valence-electron chi connectivity index (χ0n) is 12.1. The molecule has 1 aliphatic heterocycles. The number of amides is 1. The Hall–Kier alpha value is -1.29. The third-order valence-corrected chi connectivity index (χ3v) is 3.69. The zero-order chi connectivity index (χ0) is 13.8. The predicted octanol–water partition coefficient (Wildman–Crippen LogP) is 2.32. The quantitative estimate of drug-likeness (QED) is 0.887. The second-order valence-corrected chi connectivity index (χ2v) is 5.69. The Balaban J connectivity index is 1.96. The van der Waals surface area contributed by atoms with Crippen molar-refractivity contribution < 1.29 is 9.21 Å². The van der Waals surface area contributed by atoms with Gasteiger partial charge in [-0.15, -0.1) is 0 Å². The van der Waals surface area contributed by atoms with Crippen LogP contribution in [0.1, 0.15) is 38.2 Å². The van der Waals surface area contributed by atoms with E-state index in [1.165, 1.54) is 0 Å². The minimum Gasteiger partial charge on any atom is -0.464 e. The fraction of sp³-hybridized carbons (Fsp3) is 0.667. The van der Waals surface area contributed by atoms with Crippen LogP contribution in [-0.4, -0.2) is 29.9 Å². The number of carbonyl (C=O) groups excluding carboxylic acids is 1. The highest BCUT2D eigenvalue weighted by molar-refractivity contribution is 5.76. The van der Waals surface area contributed by atoms with Crippen LogP contribution in [-0.2, 0) is 11.3 Å². The lowest BCUT2D eigenvalue weighted by Gasteiger charge is -2.27. The molecule has 0 aliphatic carbocycles. The van der Waals surface area contributed by atoms with Crippen LogP contribution >= 0.6 is 0 Å². The maximum Gasteiger partial charge on any atom is 0.223 e. The van der Waals surface area contributed by atoms with Gasteiger partial charge in [-0.3, -0.25) is 4.79 Å². The van der Waals surface area contributed by atoms with Crippen molar-refractivity contribution >= 4 is 5.91 Å². The van der Waals surface area contributed by atoms with Crippen molar-refractivity contribution in [2.75, 3.05) is 13.1 Å². The van der Waals surface area contributed by atoms with Crippen molar-refractivity contribution in [3.8, 4) is 0 Å². The van der Waals surface area contributed by atoms with Crippen molar-refractivity contribution in [2.45, 2.75) is 46.2 Å². The van der Waals surface area contributed by atoms with Gasteiger partial charge in [0.15, 0.2) is 0 Å². The minimum absolute atomic E-state index is 0.201. The summed E-state index contributed by atoms with van der Waals surface area (Å²) < 4.78 is 5.58. The van der Waals surface area contributed by atoms with Crippen LogP contribution in [0.2, 0.25) is 0 Å². The highest BCUT2D eigenvalue weighted by atomic mass is 16.3. The van der Waals surface area contributed by atoms with Gasteiger partial charge in [-0.05, 0) is 58.3 Å². The second-order valence-electron chi connectivity index (χ2n) is 5.69. The lowest BCUT2D eigenvalue weighted by molar-refractivity contribution is -0.134. The molecule has 1 saturated heterocycles. The summed E-state index contributed by atoms with van der Waals surface area (Å²) in [5, 5.41) is 3.31. The summed E-state index contributed by atoms with van der Waals surface area (Å²) in [7, 11) is 0. The highest BCUT2D eigenvalue weighted by Gasteiger charge is 2.24. The first-order valence-corrected chi connectivity index (χ1v) is 7.11. The topological polar surface area (TPSA) is 45.5 Å². The van der Waals surface area contributed by atoms with Gasteiger partial charge in [0.2, 0.25) is 5.91 Å². The molecule has 0 radical (unpaired) electrons. The van der Waals surface area contributed by atoms with Gasteiger partial charge >= 0.3 is 0 Å². The summed E-state index contributed by atoms with van der Waals surface area (Å²) in [4.78, 5) is 14.3. The first-order valence-electron chi connectivity index (χ1n) is 7.11. The van der Waals surface area contributed by atoms with Crippen LogP contribution in [0.3, 0.4) is 0 Å². The van der Waals surface area contributed by atoms with Crippen LogP contribution in [0.15, 0.2) is 16.5 Å². The molecule has 0 aromatic carbocycles. The van der Waals surface area contributed by atoms with Crippen molar-refractivity contribution in [3.05, 3.63) is 23.7 Å². The summed E-state index contributed by atoms with van der Waals surface area (Å²) >= 11 is 0. The Morgan fingerprint density at radius 1 is 1.53 bits per heavy atom. The van der Waals surface area contributed by atoms with Crippen molar-refractivity contribution in [3.63, 3.8) is 0 Å². The summed E-state index contributed by atoms with van der Waals surface area (Å²) in [6, 6.07) is 4.10. The number of carbonyl (C=O) groups is 1. The number of hydrogen-bond acceptors (Lipinski definition) is 3. The molecule has 1 fully saturated rings. The van der Waals surface area contributed by atoms with Gasteiger partial charge in [0, 0.05) is 12.5 Å². The minimum atomic E-state index is 0.201. The number of nitrogens with one attached hydrogen (secondary N) is 1. The molecule has 106 valence electrons. The van der Waals surface area contributed by atoms with Crippen LogP contribution in [0.5, 0.6) is 0 Å². The molecule has 2 heterocycles. The number of nitrogens with zero attached hydrogens (tertiary/aromatic N) is 1. The maximum atomic E-state index is 12.4. The molecule has 0 bridgehead atoms. The Bertz CT molecular complexity index is 420. The van der Waals surface area contributed by atoms with Gasteiger partial charge in [-0.2, -0.15) is 0 Å². The number of aryl methyl sites for hydroxylation is 1. The lowest BCUT2D eigenvalue weighted by atomic mass is 10.0. The third-order valence-electron chi connectivity index (χ3n) is 3.69. The molecule has 2 rings (SSSR count). The van der Waals surface area contributed by atoms with Crippen LogP contribution in [0.4, 0.5) is 0 Å². The number of furan rings is 1. The Kier molecular flexibility index (Phi) is 4.64. The molecule has 4 nitrogen and oxygen atoms in total.